The third-order valence-corrected chi connectivity index (χ3v) is 3.20. The highest BCUT2D eigenvalue weighted by Gasteiger charge is 2.13. The van der Waals surface area contributed by atoms with E-state index in [0.717, 1.165) is 5.02 Å². The van der Waals surface area contributed by atoms with Crippen LogP contribution >= 0.6 is 11.6 Å². The Morgan fingerprint density at radius 2 is 1.94 bits per heavy atom. The molecule has 0 radical (unpaired) electrons. The minimum Gasteiger partial charge on any atom is -0.481 e. The van der Waals surface area contributed by atoms with Crippen molar-refractivity contribution in [3.05, 3.63) is 34.9 Å². The third-order valence-electron chi connectivity index (χ3n) is 2.95. The van der Waals surface area contributed by atoms with Gasteiger partial charge in [-0.2, -0.15) is 0 Å². The van der Waals surface area contributed by atoms with E-state index in [1.54, 1.807) is 0 Å². The highest BCUT2D eigenvalue weighted by Crippen LogP contribution is 2.21. The average molecular weight is 256 g/mol. The van der Waals surface area contributed by atoms with Crippen LogP contribution in [0, 0.1) is 0 Å². The van der Waals surface area contributed by atoms with Crippen molar-refractivity contribution >= 4 is 17.6 Å². The monoisotopic (exact) mass is 255 g/mol. The van der Waals surface area contributed by atoms with E-state index in [-0.39, 0.29) is 12.5 Å². The summed E-state index contributed by atoms with van der Waals surface area (Å²) < 4.78 is 0. The van der Waals surface area contributed by atoms with E-state index in [2.05, 4.69) is 19.2 Å². The Hall–Kier alpha value is -1.06. The van der Waals surface area contributed by atoms with Gasteiger partial charge in [-0.15, -0.1) is 0 Å². The number of aliphatic carboxylic acids is 1. The Bertz CT molecular complexity index is 364. The van der Waals surface area contributed by atoms with Gasteiger partial charge in [0.25, 0.3) is 0 Å². The standard InChI is InChI=1S/C13H18ClNO2/c1-9(10(2)15-8-7-13(16)17)11-3-5-12(14)6-4-11/h3-6,9-10,15H,7-8H2,1-2H3,(H,16,17). The summed E-state index contributed by atoms with van der Waals surface area (Å²) in [5.41, 5.74) is 1.20. The van der Waals surface area contributed by atoms with Gasteiger partial charge in [-0.1, -0.05) is 30.7 Å². The second-order valence-electron chi connectivity index (χ2n) is 4.23. The first-order valence-electron chi connectivity index (χ1n) is 5.71. The number of benzene rings is 1. The molecule has 2 atom stereocenters. The number of rotatable bonds is 6. The summed E-state index contributed by atoms with van der Waals surface area (Å²) in [5.74, 6) is -0.454. The van der Waals surface area contributed by atoms with Gasteiger partial charge in [-0.25, -0.2) is 0 Å². The fourth-order valence-corrected chi connectivity index (χ4v) is 1.76. The number of carboxylic acid groups (broad SMARTS) is 1. The molecular weight excluding hydrogens is 238 g/mol. The van der Waals surface area contributed by atoms with Crippen LogP contribution in [0.2, 0.25) is 5.02 Å². The van der Waals surface area contributed by atoms with Crippen LogP contribution < -0.4 is 5.32 Å². The summed E-state index contributed by atoms with van der Waals surface area (Å²) >= 11 is 5.83. The Morgan fingerprint density at radius 1 is 1.35 bits per heavy atom. The van der Waals surface area contributed by atoms with Crippen molar-refractivity contribution in [2.45, 2.75) is 32.2 Å². The zero-order valence-electron chi connectivity index (χ0n) is 10.1. The maximum atomic E-state index is 10.4. The summed E-state index contributed by atoms with van der Waals surface area (Å²) in [6.45, 7) is 4.66. The largest absolute Gasteiger partial charge is 0.481 e. The van der Waals surface area contributed by atoms with Gasteiger partial charge in [-0.05, 0) is 30.5 Å². The Balaban J connectivity index is 2.48. The molecule has 1 rings (SSSR count). The summed E-state index contributed by atoms with van der Waals surface area (Å²) in [7, 11) is 0. The molecule has 0 heterocycles. The summed E-state index contributed by atoms with van der Waals surface area (Å²) in [5, 5.41) is 12.5. The molecule has 0 aliphatic heterocycles. The van der Waals surface area contributed by atoms with E-state index >= 15 is 0 Å². The molecule has 0 spiro atoms. The highest BCUT2D eigenvalue weighted by molar-refractivity contribution is 6.30. The van der Waals surface area contributed by atoms with E-state index in [9.17, 15) is 4.79 Å². The van der Waals surface area contributed by atoms with Crippen molar-refractivity contribution in [3.63, 3.8) is 0 Å². The lowest BCUT2D eigenvalue weighted by Crippen LogP contribution is -2.32. The summed E-state index contributed by atoms with van der Waals surface area (Å²) in [4.78, 5) is 10.4. The van der Waals surface area contributed by atoms with Gasteiger partial charge in [0.1, 0.15) is 0 Å². The minimum atomic E-state index is -0.774. The molecule has 0 fully saturated rings. The van der Waals surface area contributed by atoms with Crippen LogP contribution in [-0.4, -0.2) is 23.7 Å². The second kappa shape index (κ2) is 6.62. The Kier molecular flexibility index (Phi) is 5.45. The van der Waals surface area contributed by atoms with E-state index in [1.807, 2.05) is 24.3 Å². The quantitative estimate of drug-likeness (QED) is 0.822. The van der Waals surface area contributed by atoms with Crippen LogP contribution in [-0.2, 0) is 4.79 Å². The Labute approximate surface area is 107 Å². The molecule has 4 heteroatoms. The zero-order chi connectivity index (χ0) is 12.8. The number of halogens is 1. The molecule has 17 heavy (non-hydrogen) atoms. The summed E-state index contributed by atoms with van der Waals surface area (Å²) in [6.07, 6.45) is 0.150. The lowest BCUT2D eigenvalue weighted by Gasteiger charge is -2.21. The maximum Gasteiger partial charge on any atom is 0.304 e. The number of nitrogens with one attached hydrogen (secondary N) is 1. The number of carbonyl (C=O) groups is 1. The first-order chi connectivity index (χ1) is 8.00. The van der Waals surface area contributed by atoms with Gasteiger partial charge in [0.15, 0.2) is 0 Å². The number of hydrogen-bond donors (Lipinski definition) is 2. The van der Waals surface area contributed by atoms with E-state index < -0.39 is 5.97 Å². The maximum absolute atomic E-state index is 10.4. The molecule has 2 unspecified atom stereocenters. The van der Waals surface area contributed by atoms with E-state index in [4.69, 9.17) is 16.7 Å². The van der Waals surface area contributed by atoms with Crippen molar-refractivity contribution in [3.8, 4) is 0 Å². The van der Waals surface area contributed by atoms with Crippen molar-refractivity contribution < 1.29 is 9.90 Å². The van der Waals surface area contributed by atoms with Crippen LogP contribution in [0.4, 0.5) is 0 Å². The molecule has 2 N–H and O–H groups in total. The molecule has 1 aromatic carbocycles. The van der Waals surface area contributed by atoms with Crippen LogP contribution in [0.5, 0.6) is 0 Å². The van der Waals surface area contributed by atoms with Crippen LogP contribution in [0.15, 0.2) is 24.3 Å². The van der Waals surface area contributed by atoms with Crippen molar-refractivity contribution in [2.24, 2.45) is 0 Å². The van der Waals surface area contributed by atoms with Gasteiger partial charge < -0.3 is 10.4 Å². The lowest BCUT2D eigenvalue weighted by molar-refractivity contribution is -0.136. The highest BCUT2D eigenvalue weighted by atomic mass is 35.5. The topological polar surface area (TPSA) is 49.3 Å². The van der Waals surface area contributed by atoms with Gasteiger partial charge in [0, 0.05) is 17.6 Å². The molecule has 94 valence electrons. The van der Waals surface area contributed by atoms with E-state index in [0.29, 0.717) is 12.5 Å². The predicted octanol–water partition coefficient (Wildman–Crippen LogP) is 2.90. The van der Waals surface area contributed by atoms with Crippen molar-refractivity contribution in [1.29, 1.82) is 0 Å². The fraction of sp³-hybridized carbons (Fsp3) is 0.462. The molecule has 0 aliphatic carbocycles. The van der Waals surface area contributed by atoms with Gasteiger partial charge in [0.05, 0.1) is 6.42 Å². The zero-order valence-corrected chi connectivity index (χ0v) is 10.9. The number of hydrogen-bond acceptors (Lipinski definition) is 2. The third kappa shape index (κ3) is 4.75. The van der Waals surface area contributed by atoms with Crippen LogP contribution in [0.1, 0.15) is 31.7 Å². The predicted molar refractivity (Wildman–Crippen MR) is 69.6 cm³/mol. The lowest BCUT2D eigenvalue weighted by atomic mass is 9.94. The summed E-state index contributed by atoms with van der Waals surface area (Å²) in [6, 6.07) is 7.98. The average Bonchev–Trinajstić information content (AvgIpc) is 2.28. The SMILES string of the molecule is CC(NCCC(=O)O)C(C)c1ccc(Cl)cc1. The van der Waals surface area contributed by atoms with Crippen LogP contribution in [0.3, 0.4) is 0 Å². The Morgan fingerprint density at radius 3 is 2.47 bits per heavy atom. The van der Waals surface area contributed by atoms with Crippen LogP contribution in [0.25, 0.3) is 0 Å². The molecule has 0 aromatic heterocycles. The molecule has 1 aromatic rings. The smallest absolute Gasteiger partial charge is 0.304 e. The fourth-order valence-electron chi connectivity index (χ4n) is 1.64. The van der Waals surface area contributed by atoms with Gasteiger partial charge >= 0.3 is 5.97 Å². The molecular formula is C13H18ClNO2. The van der Waals surface area contributed by atoms with E-state index in [1.165, 1.54) is 5.56 Å². The first kappa shape index (κ1) is 14.0. The molecule has 0 saturated heterocycles. The van der Waals surface area contributed by atoms with Gasteiger partial charge in [0.2, 0.25) is 0 Å². The number of carboxylic acids is 1. The normalized spacial score (nSPS) is 14.3. The van der Waals surface area contributed by atoms with Gasteiger partial charge in [-0.3, -0.25) is 4.79 Å². The van der Waals surface area contributed by atoms with Crippen molar-refractivity contribution in [1.82, 2.24) is 5.32 Å². The minimum absolute atomic E-state index is 0.150. The molecule has 0 saturated carbocycles. The first-order valence-corrected chi connectivity index (χ1v) is 6.09. The molecule has 3 nitrogen and oxygen atoms in total. The molecule has 0 bridgehead atoms. The second-order valence-corrected chi connectivity index (χ2v) is 4.66. The molecule has 0 amide bonds. The van der Waals surface area contributed by atoms with Crippen molar-refractivity contribution in [2.75, 3.05) is 6.54 Å². The molecule has 0 aliphatic rings.